The predicted octanol–water partition coefficient (Wildman–Crippen LogP) is 3.00. The first-order chi connectivity index (χ1) is 4.13. The Bertz CT molecular complexity index is 126. The maximum atomic E-state index is 2.32. The van der Waals surface area contributed by atoms with Crippen molar-refractivity contribution in [1.29, 1.82) is 0 Å². The third-order valence-electron chi connectivity index (χ3n) is 2.81. The molecule has 2 unspecified atom stereocenters. The lowest BCUT2D eigenvalue weighted by Gasteiger charge is -2.01. The Morgan fingerprint density at radius 3 is 1.44 bits per heavy atom. The average molecular weight is 124 g/mol. The van der Waals surface area contributed by atoms with Gasteiger partial charge in [-0.2, -0.15) is 0 Å². The van der Waals surface area contributed by atoms with E-state index in [-0.39, 0.29) is 0 Å². The van der Waals surface area contributed by atoms with E-state index in [9.17, 15) is 0 Å². The molecule has 0 nitrogen and oxygen atoms in total. The zero-order valence-corrected chi connectivity index (χ0v) is 6.86. The summed E-state index contributed by atoms with van der Waals surface area (Å²) in [5.41, 5.74) is 3.25. The molecule has 0 saturated heterocycles. The van der Waals surface area contributed by atoms with E-state index < -0.39 is 0 Å². The molecular weight excluding hydrogens is 108 g/mol. The zero-order valence-electron chi connectivity index (χ0n) is 6.86. The van der Waals surface area contributed by atoms with Crippen molar-refractivity contribution in [2.45, 2.75) is 34.1 Å². The minimum absolute atomic E-state index is 0.847. The van der Waals surface area contributed by atoms with E-state index in [0.717, 1.165) is 11.8 Å². The molecule has 52 valence electrons. The second-order valence-electron chi connectivity index (χ2n) is 3.40. The molecule has 0 heteroatoms. The molecule has 0 aliphatic heterocycles. The number of hydrogen-bond acceptors (Lipinski definition) is 0. The Morgan fingerprint density at radius 1 is 1.00 bits per heavy atom. The summed E-state index contributed by atoms with van der Waals surface area (Å²) >= 11 is 0. The molecule has 0 saturated carbocycles. The van der Waals surface area contributed by atoms with Crippen LogP contribution < -0.4 is 0 Å². The number of rotatable bonds is 0. The Balaban J connectivity index is 2.79. The summed E-state index contributed by atoms with van der Waals surface area (Å²) < 4.78 is 0. The van der Waals surface area contributed by atoms with Gasteiger partial charge in [-0.05, 0) is 32.1 Å². The van der Waals surface area contributed by atoms with Gasteiger partial charge in [-0.3, -0.25) is 0 Å². The molecule has 1 rings (SSSR count). The van der Waals surface area contributed by atoms with Crippen molar-refractivity contribution in [2.24, 2.45) is 11.8 Å². The molecule has 0 amide bonds. The van der Waals surface area contributed by atoms with Gasteiger partial charge in [0.05, 0.1) is 0 Å². The van der Waals surface area contributed by atoms with Gasteiger partial charge in [0.1, 0.15) is 0 Å². The fraction of sp³-hybridized carbons (Fsp3) is 0.778. The lowest BCUT2D eigenvalue weighted by Crippen LogP contribution is -1.90. The summed E-state index contributed by atoms with van der Waals surface area (Å²) in [6.45, 7) is 9.18. The highest BCUT2D eigenvalue weighted by Gasteiger charge is 2.21. The molecule has 0 bridgehead atoms. The highest BCUT2D eigenvalue weighted by Crippen LogP contribution is 2.35. The minimum atomic E-state index is 0.847. The normalized spacial score (nSPS) is 36.0. The molecule has 0 aromatic heterocycles. The van der Waals surface area contributed by atoms with Crippen LogP contribution in [-0.4, -0.2) is 0 Å². The van der Waals surface area contributed by atoms with Gasteiger partial charge >= 0.3 is 0 Å². The first kappa shape index (κ1) is 6.85. The van der Waals surface area contributed by atoms with E-state index in [2.05, 4.69) is 27.7 Å². The maximum absolute atomic E-state index is 2.32. The highest BCUT2D eigenvalue weighted by atomic mass is 14.3. The van der Waals surface area contributed by atoms with Crippen LogP contribution in [0.15, 0.2) is 11.1 Å². The fourth-order valence-electron chi connectivity index (χ4n) is 1.66. The van der Waals surface area contributed by atoms with Gasteiger partial charge in [0.25, 0.3) is 0 Å². The van der Waals surface area contributed by atoms with Crippen LogP contribution in [0, 0.1) is 11.8 Å². The van der Waals surface area contributed by atoms with Gasteiger partial charge in [-0.25, -0.2) is 0 Å². The Kier molecular flexibility index (Phi) is 1.65. The average Bonchev–Trinajstić information content (AvgIpc) is 1.98. The summed E-state index contributed by atoms with van der Waals surface area (Å²) in [5, 5.41) is 0. The Labute approximate surface area is 58.0 Å². The van der Waals surface area contributed by atoms with Crippen LogP contribution in [0.1, 0.15) is 34.1 Å². The van der Waals surface area contributed by atoms with Gasteiger partial charge < -0.3 is 0 Å². The monoisotopic (exact) mass is 124 g/mol. The fourth-order valence-corrected chi connectivity index (χ4v) is 1.66. The third-order valence-corrected chi connectivity index (χ3v) is 2.81. The number of hydrogen-bond donors (Lipinski definition) is 0. The first-order valence-electron chi connectivity index (χ1n) is 3.80. The minimum Gasteiger partial charge on any atom is -0.0713 e. The van der Waals surface area contributed by atoms with Crippen LogP contribution in [0.3, 0.4) is 0 Å². The van der Waals surface area contributed by atoms with Crippen molar-refractivity contribution in [2.75, 3.05) is 0 Å². The standard InChI is InChI=1S/C9H16/c1-6-5-7(2)9(4)8(6)3/h6-7H,5H2,1-4H3. The van der Waals surface area contributed by atoms with Gasteiger partial charge in [0.2, 0.25) is 0 Å². The van der Waals surface area contributed by atoms with Crippen molar-refractivity contribution in [3.63, 3.8) is 0 Å². The van der Waals surface area contributed by atoms with Crippen LogP contribution in [0.2, 0.25) is 0 Å². The van der Waals surface area contributed by atoms with Crippen LogP contribution >= 0.6 is 0 Å². The molecule has 1 aliphatic rings. The lowest BCUT2D eigenvalue weighted by molar-refractivity contribution is 0.567. The maximum Gasteiger partial charge on any atom is -0.0226 e. The van der Waals surface area contributed by atoms with Crippen molar-refractivity contribution in [3.05, 3.63) is 11.1 Å². The van der Waals surface area contributed by atoms with E-state index in [1.165, 1.54) is 6.42 Å². The van der Waals surface area contributed by atoms with Gasteiger partial charge in [0, 0.05) is 0 Å². The van der Waals surface area contributed by atoms with Crippen LogP contribution in [0.4, 0.5) is 0 Å². The quantitative estimate of drug-likeness (QED) is 0.435. The third kappa shape index (κ3) is 1.03. The van der Waals surface area contributed by atoms with Gasteiger partial charge in [-0.1, -0.05) is 25.0 Å². The smallest absolute Gasteiger partial charge is 0.0226 e. The highest BCUT2D eigenvalue weighted by molar-refractivity contribution is 5.20. The second-order valence-corrected chi connectivity index (χ2v) is 3.40. The van der Waals surface area contributed by atoms with E-state index in [0.29, 0.717) is 0 Å². The van der Waals surface area contributed by atoms with Crippen molar-refractivity contribution >= 4 is 0 Å². The molecular formula is C9H16. The van der Waals surface area contributed by atoms with Gasteiger partial charge in [0.15, 0.2) is 0 Å². The van der Waals surface area contributed by atoms with Crippen molar-refractivity contribution < 1.29 is 0 Å². The summed E-state index contributed by atoms with van der Waals surface area (Å²) in [5.74, 6) is 1.69. The molecule has 0 aromatic carbocycles. The Morgan fingerprint density at radius 2 is 1.33 bits per heavy atom. The largest absolute Gasteiger partial charge is 0.0713 e. The Hall–Kier alpha value is -0.260. The summed E-state index contributed by atoms with van der Waals surface area (Å²) in [4.78, 5) is 0. The van der Waals surface area contributed by atoms with E-state index >= 15 is 0 Å². The molecule has 2 atom stereocenters. The van der Waals surface area contributed by atoms with Crippen LogP contribution in [0.5, 0.6) is 0 Å². The molecule has 0 fully saturated rings. The molecule has 0 radical (unpaired) electrons. The zero-order chi connectivity index (χ0) is 7.02. The van der Waals surface area contributed by atoms with Crippen molar-refractivity contribution in [1.82, 2.24) is 0 Å². The lowest BCUT2D eigenvalue weighted by atomic mass is 10.0. The topological polar surface area (TPSA) is 0 Å². The summed E-state index contributed by atoms with van der Waals surface area (Å²) in [6, 6.07) is 0. The molecule has 0 spiro atoms. The van der Waals surface area contributed by atoms with Crippen molar-refractivity contribution in [3.8, 4) is 0 Å². The van der Waals surface area contributed by atoms with Gasteiger partial charge in [-0.15, -0.1) is 0 Å². The SMILES string of the molecule is CC1=C(C)C(C)CC1C. The van der Waals surface area contributed by atoms with E-state index in [4.69, 9.17) is 0 Å². The summed E-state index contributed by atoms with van der Waals surface area (Å²) in [6.07, 6.45) is 1.37. The molecule has 1 aliphatic carbocycles. The first-order valence-corrected chi connectivity index (χ1v) is 3.80. The predicted molar refractivity (Wildman–Crippen MR) is 41.3 cm³/mol. The number of allylic oxidation sites excluding steroid dienone is 2. The molecule has 0 N–H and O–H groups in total. The summed E-state index contributed by atoms with van der Waals surface area (Å²) in [7, 11) is 0. The molecule has 0 heterocycles. The van der Waals surface area contributed by atoms with E-state index in [1.807, 2.05) is 0 Å². The van der Waals surface area contributed by atoms with Crippen LogP contribution in [-0.2, 0) is 0 Å². The van der Waals surface area contributed by atoms with E-state index in [1.54, 1.807) is 11.1 Å². The molecule has 0 aromatic rings. The van der Waals surface area contributed by atoms with Crippen LogP contribution in [0.25, 0.3) is 0 Å². The molecule has 9 heavy (non-hydrogen) atoms. The second kappa shape index (κ2) is 2.17.